The number of aromatic nitrogens is 2. The number of rotatable bonds is 3. The molecule has 0 saturated heterocycles. The van der Waals surface area contributed by atoms with E-state index < -0.39 is 0 Å². The predicted molar refractivity (Wildman–Crippen MR) is 78.0 cm³/mol. The fourth-order valence-electron chi connectivity index (χ4n) is 2.09. The van der Waals surface area contributed by atoms with Crippen molar-refractivity contribution in [3.8, 4) is 0 Å². The molecule has 98 valence electrons. The van der Waals surface area contributed by atoms with E-state index >= 15 is 0 Å². The molecular weight excluding hydrogens is 250 g/mol. The second kappa shape index (κ2) is 5.48. The maximum atomic E-state index is 9.17. The normalized spacial score (nSPS) is 11.7. The molecule has 4 heteroatoms. The molecule has 1 aromatic carbocycles. The Hall–Kier alpha value is -2.75. The van der Waals surface area contributed by atoms with Gasteiger partial charge in [0.05, 0.1) is 11.2 Å². The highest BCUT2D eigenvalue weighted by molar-refractivity contribution is 5.99. The van der Waals surface area contributed by atoms with Gasteiger partial charge in [0, 0.05) is 23.7 Å². The number of hydrogen-bond acceptors (Lipinski definition) is 4. The van der Waals surface area contributed by atoms with Crippen LogP contribution in [0, 0.1) is 0 Å². The summed E-state index contributed by atoms with van der Waals surface area (Å²) in [5.41, 5.74) is 2.95. The van der Waals surface area contributed by atoms with Crippen molar-refractivity contribution in [2.45, 2.75) is 6.42 Å². The van der Waals surface area contributed by atoms with Gasteiger partial charge in [-0.1, -0.05) is 35.5 Å². The Labute approximate surface area is 116 Å². The average molecular weight is 263 g/mol. The molecule has 0 aliphatic rings. The van der Waals surface area contributed by atoms with Crippen LogP contribution < -0.4 is 0 Å². The zero-order valence-corrected chi connectivity index (χ0v) is 10.8. The van der Waals surface area contributed by atoms with Crippen LogP contribution in [0.4, 0.5) is 0 Å². The summed E-state index contributed by atoms with van der Waals surface area (Å²) < 4.78 is 0. The van der Waals surface area contributed by atoms with E-state index in [9.17, 15) is 5.21 Å². The minimum atomic E-state index is 0.443. The molecule has 0 fully saturated rings. The Balaban J connectivity index is 1.92. The number of nitrogens with zero attached hydrogens (tertiary/aromatic N) is 3. The van der Waals surface area contributed by atoms with Gasteiger partial charge in [-0.3, -0.25) is 9.97 Å². The lowest BCUT2D eigenvalue weighted by atomic mass is 10.1. The Kier molecular flexibility index (Phi) is 3.37. The quantitative estimate of drug-likeness (QED) is 0.449. The van der Waals surface area contributed by atoms with E-state index in [2.05, 4.69) is 15.1 Å². The van der Waals surface area contributed by atoms with Crippen LogP contribution in [0.1, 0.15) is 11.4 Å². The average Bonchev–Trinajstić information content (AvgIpc) is 2.53. The molecule has 20 heavy (non-hydrogen) atoms. The smallest absolute Gasteiger partial charge is 0.111 e. The highest BCUT2D eigenvalue weighted by Crippen LogP contribution is 2.13. The van der Waals surface area contributed by atoms with Crippen LogP contribution in [0.3, 0.4) is 0 Å². The van der Waals surface area contributed by atoms with Crippen molar-refractivity contribution in [3.63, 3.8) is 0 Å². The SMILES string of the molecule is O/N=C(/Cc1ccc2ccccc2n1)c1ccccn1. The van der Waals surface area contributed by atoms with Gasteiger partial charge < -0.3 is 5.21 Å². The van der Waals surface area contributed by atoms with E-state index in [0.29, 0.717) is 17.8 Å². The first-order valence-electron chi connectivity index (χ1n) is 6.34. The first kappa shape index (κ1) is 12.3. The van der Waals surface area contributed by atoms with Crippen molar-refractivity contribution in [2.75, 3.05) is 0 Å². The van der Waals surface area contributed by atoms with Crippen molar-refractivity contribution in [1.82, 2.24) is 9.97 Å². The molecule has 0 aliphatic carbocycles. The first-order chi connectivity index (χ1) is 9.86. The van der Waals surface area contributed by atoms with Crippen LogP contribution in [0.15, 0.2) is 65.9 Å². The number of benzene rings is 1. The van der Waals surface area contributed by atoms with Crippen molar-refractivity contribution >= 4 is 16.6 Å². The van der Waals surface area contributed by atoms with Gasteiger partial charge in [-0.2, -0.15) is 0 Å². The van der Waals surface area contributed by atoms with Gasteiger partial charge in [-0.05, 0) is 24.3 Å². The molecule has 2 heterocycles. The summed E-state index contributed by atoms with van der Waals surface area (Å²) in [5.74, 6) is 0. The molecular formula is C16H13N3O. The van der Waals surface area contributed by atoms with Gasteiger partial charge >= 0.3 is 0 Å². The fourth-order valence-corrected chi connectivity index (χ4v) is 2.09. The molecule has 3 aromatic rings. The van der Waals surface area contributed by atoms with Crippen LogP contribution in [0.5, 0.6) is 0 Å². The highest BCUT2D eigenvalue weighted by Gasteiger charge is 2.08. The Morgan fingerprint density at radius 3 is 2.65 bits per heavy atom. The van der Waals surface area contributed by atoms with Gasteiger partial charge in [-0.25, -0.2) is 0 Å². The van der Waals surface area contributed by atoms with Crippen LogP contribution >= 0.6 is 0 Å². The topological polar surface area (TPSA) is 58.4 Å². The minimum absolute atomic E-state index is 0.443. The standard InChI is InChI=1S/C16H13N3O/c20-19-16(15-7-3-4-10-17-15)11-13-9-8-12-5-1-2-6-14(12)18-13/h1-10,20H,11H2/b19-16-. The van der Waals surface area contributed by atoms with Crippen LogP contribution in [-0.2, 0) is 6.42 Å². The van der Waals surface area contributed by atoms with Crippen LogP contribution in [-0.4, -0.2) is 20.9 Å². The van der Waals surface area contributed by atoms with Crippen molar-refractivity contribution in [2.24, 2.45) is 5.16 Å². The summed E-state index contributed by atoms with van der Waals surface area (Å²) in [7, 11) is 0. The van der Waals surface area contributed by atoms with Crippen molar-refractivity contribution in [3.05, 3.63) is 72.2 Å². The monoisotopic (exact) mass is 263 g/mol. The Bertz CT molecular complexity index is 754. The second-order valence-corrected chi connectivity index (χ2v) is 4.43. The summed E-state index contributed by atoms with van der Waals surface area (Å²) >= 11 is 0. The van der Waals surface area contributed by atoms with E-state index in [4.69, 9.17) is 0 Å². The summed E-state index contributed by atoms with van der Waals surface area (Å²) in [6.07, 6.45) is 2.12. The maximum absolute atomic E-state index is 9.17. The number of pyridine rings is 2. The van der Waals surface area contributed by atoms with E-state index in [1.165, 1.54) is 0 Å². The Morgan fingerprint density at radius 2 is 1.85 bits per heavy atom. The zero-order chi connectivity index (χ0) is 13.8. The van der Waals surface area contributed by atoms with Gasteiger partial charge in [0.2, 0.25) is 0 Å². The lowest BCUT2D eigenvalue weighted by molar-refractivity contribution is 0.318. The summed E-state index contributed by atoms with van der Waals surface area (Å²) in [4.78, 5) is 8.76. The number of para-hydroxylation sites is 1. The van der Waals surface area contributed by atoms with E-state index in [0.717, 1.165) is 16.6 Å². The van der Waals surface area contributed by atoms with Crippen LogP contribution in [0.2, 0.25) is 0 Å². The van der Waals surface area contributed by atoms with Gasteiger partial charge in [0.15, 0.2) is 0 Å². The number of oxime groups is 1. The summed E-state index contributed by atoms with van der Waals surface area (Å²) in [5, 5.41) is 13.6. The summed E-state index contributed by atoms with van der Waals surface area (Å²) in [6, 6.07) is 17.4. The third-order valence-electron chi connectivity index (χ3n) is 3.09. The molecule has 4 nitrogen and oxygen atoms in total. The van der Waals surface area contributed by atoms with E-state index in [-0.39, 0.29) is 0 Å². The fraction of sp³-hybridized carbons (Fsp3) is 0.0625. The Morgan fingerprint density at radius 1 is 1.00 bits per heavy atom. The molecule has 0 radical (unpaired) electrons. The molecule has 0 bridgehead atoms. The molecule has 1 N–H and O–H groups in total. The van der Waals surface area contributed by atoms with E-state index in [1.807, 2.05) is 54.6 Å². The lowest BCUT2D eigenvalue weighted by Gasteiger charge is -2.05. The molecule has 2 aromatic heterocycles. The third kappa shape index (κ3) is 2.49. The molecule has 3 rings (SSSR count). The first-order valence-corrected chi connectivity index (χ1v) is 6.34. The molecule has 0 unspecified atom stereocenters. The molecule has 0 saturated carbocycles. The van der Waals surface area contributed by atoms with Gasteiger partial charge in [0.25, 0.3) is 0 Å². The lowest BCUT2D eigenvalue weighted by Crippen LogP contribution is -2.08. The zero-order valence-electron chi connectivity index (χ0n) is 10.8. The molecule has 0 spiro atoms. The largest absolute Gasteiger partial charge is 0.411 e. The molecule has 0 amide bonds. The maximum Gasteiger partial charge on any atom is 0.111 e. The summed E-state index contributed by atoms with van der Waals surface area (Å²) in [6.45, 7) is 0. The van der Waals surface area contributed by atoms with Crippen molar-refractivity contribution in [1.29, 1.82) is 0 Å². The molecule has 0 atom stereocenters. The number of hydrogen-bond donors (Lipinski definition) is 1. The number of fused-ring (bicyclic) bond motifs is 1. The minimum Gasteiger partial charge on any atom is -0.411 e. The molecule has 0 aliphatic heterocycles. The highest BCUT2D eigenvalue weighted by atomic mass is 16.4. The predicted octanol–water partition coefficient (Wildman–Crippen LogP) is 3.05. The van der Waals surface area contributed by atoms with Gasteiger partial charge in [0.1, 0.15) is 5.71 Å². The van der Waals surface area contributed by atoms with E-state index in [1.54, 1.807) is 6.20 Å². The van der Waals surface area contributed by atoms with Crippen LogP contribution in [0.25, 0.3) is 10.9 Å². The van der Waals surface area contributed by atoms with Crippen molar-refractivity contribution < 1.29 is 5.21 Å². The third-order valence-corrected chi connectivity index (χ3v) is 3.09. The van der Waals surface area contributed by atoms with Gasteiger partial charge in [-0.15, -0.1) is 0 Å². The second-order valence-electron chi connectivity index (χ2n) is 4.43.